The summed E-state index contributed by atoms with van der Waals surface area (Å²) in [7, 11) is 1.75. The predicted molar refractivity (Wildman–Crippen MR) is 79.1 cm³/mol. The Bertz CT molecular complexity index is 557. The number of fused-ring (bicyclic) bond motifs is 1. The zero-order chi connectivity index (χ0) is 15.6. The Balaban J connectivity index is 2.32. The van der Waals surface area contributed by atoms with Gasteiger partial charge in [-0.2, -0.15) is 0 Å². The third kappa shape index (κ3) is 3.09. The van der Waals surface area contributed by atoms with Crippen LogP contribution in [-0.4, -0.2) is 48.8 Å². The van der Waals surface area contributed by atoms with E-state index in [2.05, 4.69) is 0 Å². The molecule has 114 valence electrons. The van der Waals surface area contributed by atoms with E-state index in [1.54, 1.807) is 29.0 Å². The second-order valence-electron chi connectivity index (χ2n) is 5.52. The minimum absolute atomic E-state index is 0.0801. The van der Waals surface area contributed by atoms with E-state index in [1.165, 1.54) is 6.07 Å². The van der Waals surface area contributed by atoms with Crippen molar-refractivity contribution >= 4 is 17.7 Å². The molecule has 1 aromatic rings. The first-order chi connectivity index (χ1) is 9.91. The van der Waals surface area contributed by atoms with Crippen LogP contribution in [-0.2, 0) is 0 Å². The van der Waals surface area contributed by atoms with Crippen LogP contribution in [0.5, 0.6) is 5.75 Å². The molecule has 0 unspecified atom stereocenters. The van der Waals surface area contributed by atoms with Crippen molar-refractivity contribution in [3.05, 3.63) is 23.8 Å². The normalized spacial score (nSPS) is 13.6. The van der Waals surface area contributed by atoms with Crippen LogP contribution < -0.4 is 9.64 Å². The average molecular weight is 292 g/mol. The highest BCUT2D eigenvalue weighted by atomic mass is 16.5. The molecule has 1 aliphatic heterocycles. The molecule has 0 spiro atoms. The highest BCUT2D eigenvalue weighted by molar-refractivity contribution is 5.99. The predicted octanol–water partition coefficient (Wildman–Crippen LogP) is 2.29. The number of carboxylic acids is 1. The van der Waals surface area contributed by atoms with Gasteiger partial charge in [0.05, 0.1) is 12.2 Å². The fourth-order valence-electron chi connectivity index (χ4n) is 2.45. The number of hydrogen-bond acceptors (Lipinski definition) is 3. The van der Waals surface area contributed by atoms with Crippen LogP contribution >= 0.6 is 0 Å². The van der Waals surface area contributed by atoms with Crippen molar-refractivity contribution in [3.63, 3.8) is 0 Å². The lowest BCUT2D eigenvalue weighted by atomic mass is 10.1. The number of amides is 2. The van der Waals surface area contributed by atoms with Gasteiger partial charge in [-0.3, -0.25) is 4.90 Å². The molecule has 0 saturated carbocycles. The third-order valence-corrected chi connectivity index (χ3v) is 3.27. The Hall–Kier alpha value is -2.24. The van der Waals surface area contributed by atoms with Crippen LogP contribution in [0.1, 0.15) is 24.2 Å². The summed E-state index contributed by atoms with van der Waals surface area (Å²) >= 11 is 0. The molecule has 6 nitrogen and oxygen atoms in total. The number of carboxylic acid groups (broad SMARTS) is 1. The molecule has 6 heteroatoms. The number of rotatable bonds is 3. The number of urea groups is 1. The van der Waals surface area contributed by atoms with E-state index in [4.69, 9.17) is 4.74 Å². The molecule has 0 bridgehead atoms. The maximum absolute atomic E-state index is 12.5. The highest BCUT2D eigenvalue weighted by Gasteiger charge is 2.29. The number of para-hydroxylation sites is 1. The van der Waals surface area contributed by atoms with Gasteiger partial charge in [-0.1, -0.05) is 19.9 Å². The summed E-state index contributed by atoms with van der Waals surface area (Å²) in [5.74, 6) is -0.427. The van der Waals surface area contributed by atoms with E-state index in [9.17, 15) is 14.7 Å². The summed E-state index contributed by atoms with van der Waals surface area (Å²) in [6.45, 7) is 5.43. The summed E-state index contributed by atoms with van der Waals surface area (Å²) in [4.78, 5) is 27.0. The molecular weight excluding hydrogens is 272 g/mol. The summed E-state index contributed by atoms with van der Waals surface area (Å²) in [5.41, 5.74) is 0.596. The first kappa shape index (κ1) is 15.2. The van der Waals surface area contributed by atoms with Crippen LogP contribution in [0, 0.1) is 5.92 Å². The van der Waals surface area contributed by atoms with Gasteiger partial charge < -0.3 is 14.7 Å². The number of benzene rings is 1. The van der Waals surface area contributed by atoms with E-state index in [0.717, 1.165) is 0 Å². The number of hydrogen-bond donors (Lipinski definition) is 1. The molecule has 0 atom stereocenters. The lowest BCUT2D eigenvalue weighted by Gasteiger charge is -2.33. The fraction of sp³-hybridized carbons (Fsp3) is 0.467. The number of carbonyl (C=O) groups excluding carboxylic acids is 1. The summed E-state index contributed by atoms with van der Waals surface area (Å²) in [6, 6.07) is 4.67. The summed E-state index contributed by atoms with van der Waals surface area (Å²) in [5, 5.41) is 9.20. The fourth-order valence-corrected chi connectivity index (χ4v) is 2.45. The molecule has 1 N–H and O–H groups in total. The van der Waals surface area contributed by atoms with Crippen LogP contribution in [0.3, 0.4) is 0 Å². The lowest BCUT2D eigenvalue weighted by Crippen LogP contribution is -2.46. The zero-order valence-electron chi connectivity index (χ0n) is 12.5. The van der Waals surface area contributed by atoms with Crippen molar-refractivity contribution in [1.82, 2.24) is 4.90 Å². The maximum atomic E-state index is 12.5. The Morgan fingerprint density at radius 2 is 2.14 bits per heavy atom. The zero-order valence-corrected chi connectivity index (χ0v) is 12.5. The number of nitrogens with zero attached hydrogens (tertiary/aromatic N) is 2. The van der Waals surface area contributed by atoms with Gasteiger partial charge in [0.15, 0.2) is 5.75 Å². The first-order valence-electron chi connectivity index (χ1n) is 6.93. The Morgan fingerprint density at radius 3 is 2.76 bits per heavy atom. The van der Waals surface area contributed by atoms with Crippen LogP contribution in [0.4, 0.5) is 10.5 Å². The van der Waals surface area contributed by atoms with Crippen molar-refractivity contribution < 1.29 is 19.4 Å². The average Bonchev–Trinajstić information content (AvgIpc) is 2.44. The molecule has 0 fully saturated rings. The molecule has 0 radical (unpaired) electrons. The minimum atomic E-state index is -1.06. The van der Waals surface area contributed by atoms with Crippen molar-refractivity contribution in [2.45, 2.75) is 13.8 Å². The van der Waals surface area contributed by atoms with Crippen molar-refractivity contribution in [3.8, 4) is 5.75 Å². The Labute approximate surface area is 123 Å². The maximum Gasteiger partial charge on any atom is 0.339 e. The SMILES string of the molecule is CC(C)CN(C)C(=O)N1CCOc2c(C(=O)O)cccc21. The monoisotopic (exact) mass is 292 g/mol. The minimum Gasteiger partial charge on any atom is -0.489 e. The lowest BCUT2D eigenvalue weighted by molar-refractivity contribution is 0.0691. The summed E-state index contributed by atoms with van der Waals surface area (Å²) in [6.07, 6.45) is 0. The number of ether oxygens (including phenoxy) is 1. The van der Waals surface area contributed by atoms with Gasteiger partial charge in [-0.05, 0) is 18.1 Å². The topological polar surface area (TPSA) is 70.1 Å². The van der Waals surface area contributed by atoms with Gasteiger partial charge in [-0.15, -0.1) is 0 Å². The van der Waals surface area contributed by atoms with Crippen molar-refractivity contribution in [1.29, 1.82) is 0 Å². The van der Waals surface area contributed by atoms with Gasteiger partial charge >= 0.3 is 12.0 Å². The van der Waals surface area contributed by atoms with Crippen molar-refractivity contribution in [2.75, 3.05) is 31.6 Å². The molecule has 21 heavy (non-hydrogen) atoms. The highest BCUT2D eigenvalue weighted by Crippen LogP contribution is 2.35. The first-order valence-corrected chi connectivity index (χ1v) is 6.93. The van der Waals surface area contributed by atoms with Crippen LogP contribution in [0.15, 0.2) is 18.2 Å². The molecule has 2 amide bonds. The molecule has 1 aliphatic rings. The van der Waals surface area contributed by atoms with Crippen LogP contribution in [0.25, 0.3) is 0 Å². The van der Waals surface area contributed by atoms with E-state index in [1.807, 2.05) is 13.8 Å². The Kier molecular flexibility index (Phi) is 4.35. The van der Waals surface area contributed by atoms with Gasteiger partial charge in [0, 0.05) is 13.6 Å². The molecule has 0 saturated heterocycles. The molecule has 2 rings (SSSR count). The van der Waals surface area contributed by atoms with Gasteiger partial charge in [-0.25, -0.2) is 9.59 Å². The molecule has 0 aromatic heterocycles. The molecule has 1 heterocycles. The number of carbonyl (C=O) groups is 2. The van der Waals surface area contributed by atoms with Crippen LogP contribution in [0.2, 0.25) is 0 Å². The standard InChI is InChI=1S/C15H20N2O4/c1-10(2)9-16(3)15(20)17-7-8-21-13-11(14(18)19)5-4-6-12(13)17/h4-6,10H,7-9H2,1-3H3,(H,18,19). The molecule has 0 aliphatic carbocycles. The van der Waals surface area contributed by atoms with E-state index in [-0.39, 0.29) is 17.3 Å². The quantitative estimate of drug-likeness (QED) is 0.928. The molecule has 1 aromatic carbocycles. The van der Waals surface area contributed by atoms with Gasteiger partial charge in [0.1, 0.15) is 12.2 Å². The second kappa shape index (κ2) is 6.03. The smallest absolute Gasteiger partial charge is 0.339 e. The van der Waals surface area contributed by atoms with Gasteiger partial charge in [0.2, 0.25) is 0 Å². The van der Waals surface area contributed by atoms with E-state index in [0.29, 0.717) is 31.3 Å². The number of anilines is 1. The van der Waals surface area contributed by atoms with Crippen molar-refractivity contribution in [2.24, 2.45) is 5.92 Å². The van der Waals surface area contributed by atoms with Gasteiger partial charge in [0.25, 0.3) is 0 Å². The summed E-state index contributed by atoms with van der Waals surface area (Å²) < 4.78 is 5.46. The van der Waals surface area contributed by atoms with E-state index < -0.39 is 5.97 Å². The Morgan fingerprint density at radius 1 is 1.43 bits per heavy atom. The number of aromatic carboxylic acids is 1. The largest absolute Gasteiger partial charge is 0.489 e. The molecular formula is C15H20N2O4. The third-order valence-electron chi connectivity index (χ3n) is 3.27. The second-order valence-corrected chi connectivity index (χ2v) is 5.52. The van der Waals surface area contributed by atoms with E-state index >= 15 is 0 Å².